The van der Waals surface area contributed by atoms with Crippen LogP contribution in [0.3, 0.4) is 0 Å². The Kier molecular flexibility index (Phi) is 6.25. The number of benzene rings is 2. The van der Waals surface area contributed by atoms with Gasteiger partial charge in [-0.15, -0.1) is 22.0 Å². The van der Waals surface area contributed by atoms with Crippen LogP contribution in [0.1, 0.15) is 0 Å². The Bertz CT molecular complexity index is 945. The monoisotopic (exact) mass is 401 g/mol. The molecule has 0 radical (unpaired) electrons. The van der Waals surface area contributed by atoms with Gasteiger partial charge in [-0.05, 0) is 36.6 Å². The topological polar surface area (TPSA) is 95.1 Å². The van der Waals surface area contributed by atoms with Crippen molar-refractivity contribution in [3.8, 4) is 17.1 Å². The Hall–Kier alpha value is -2.65. The van der Waals surface area contributed by atoms with Crippen LogP contribution in [0, 0.1) is 0 Å². The number of nitrogens with zero attached hydrogens (tertiary/aromatic N) is 3. The van der Waals surface area contributed by atoms with Crippen molar-refractivity contribution in [3.05, 3.63) is 48.5 Å². The normalized spacial score (nSPS) is 10.6. The first-order chi connectivity index (χ1) is 13.1. The minimum atomic E-state index is -0.139. The van der Waals surface area contributed by atoms with Crippen molar-refractivity contribution in [2.24, 2.45) is 0 Å². The minimum absolute atomic E-state index is 0.139. The third kappa shape index (κ3) is 4.55. The van der Waals surface area contributed by atoms with Gasteiger partial charge in [0.2, 0.25) is 11.1 Å². The Balaban J connectivity index is 1.66. The van der Waals surface area contributed by atoms with Crippen LogP contribution >= 0.6 is 23.5 Å². The molecule has 1 aromatic heterocycles. The van der Waals surface area contributed by atoms with Crippen molar-refractivity contribution in [2.75, 3.05) is 30.3 Å². The Labute approximate surface area is 165 Å². The zero-order valence-electron chi connectivity index (χ0n) is 14.9. The predicted octanol–water partition coefficient (Wildman–Crippen LogP) is 3.12. The molecule has 2 aromatic carbocycles. The quantitative estimate of drug-likeness (QED) is 0.464. The second kappa shape index (κ2) is 8.83. The van der Waals surface area contributed by atoms with Gasteiger partial charge in [0.1, 0.15) is 5.75 Å². The number of amides is 1. The molecular formula is C18H19N5O2S2. The molecule has 0 aliphatic rings. The predicted molar refractivity (Wildman–Crippen MR) is 110 cm³/mol. The number of anilines is 1. The molecule has 3 aromatic rings. The summed E-state index contributed by atoms with van der Waals surface area (Å²) in [6.45, 7) is 0. The van der Waals surface area contributed by atoms with E-state index < -0.39 is 0 Å². The SMILES string of the molecule is COc1ccccc1-c1nnc(SCC(=O)Nc2cccc(SC)c2)n1N. The van der Waals surface area contributed by atoms with Crippen LogP contribution in [-0.4, -0.2) is 39.9 Å². The maximum atomic E-state index is 12.2. The number of carbonyl (C=O) groups is 1. The number of thioether (sulfide) groups is 2. The van der Waals surface area contributed by atoms with E-state index in [4.69, 9.17) is 10.6 Å². The summed E-state index contributed by atoms with van der Waals surface area (Å²) >= 11 is 2.84. The Morgan fingerprint density at radius 2 is 2.04 bits per heavy atom. The van der Waals surface area contributed by atoms with Crippen LogP contribution in [0.4, 0.5) is 5.69 Å². The summed E-state index contributed by atoms with van der Waals surface area (Å²) in [5, 5.41) is 11.5. The number of nitrogens with one attached hydrogen (secondary N) is 1. The first-order valence-corrected chi connectivity index (χ1v) is 10.2. The van der Waals surface area contributed by atoms with Crippen molar-refractivity contribution < 1.29 is 9.53 Å². The maximum Gasteiger partial charge on any atom is 0.234 e. The molecule has 27 heavy (non-hydrogen) atoms. The van der Waals surface area contributed by atoms with Crippen LogP contribution in [0.15, 0.2) is 58.6 Å². The summed E-state index contributed by atoms with van der Waals surface area (Å²) in [6, 6.07) is 15.1. The number of para-hydroxylation sites is 1. The smallest absolute Gasteiger partial charge is 0.234 e. The lowest BCUT2D eigenvalue weighted by atomic mass is 10.2. The largest absolute Gasteiger partial charge is 0.496 e. The van der Waals surface area contributed by atoms with Crippen LogP contribution in [-0.2, 0) is 4.79 Å². The number of nitrogens with two attached hydrogens (primary N) is 1. The van der Waals surface area contributed by atoms with E-state index in [9.17, 15) is 4.79 Å². The minimum Gasteiger partial charge on any atom is -0.496 e. The van der Waals surface area contributed by atoms with E-state index in [2.05, 4.69) is 15.5 Å². The number of carbonyl (C=O) groups excluding carboxylic acids is 1. The molecule has 0 unspecified atom stereocenters. The number of hydrogen-bond acceptors (Lipinski definition) is 7. The molecule has 1 heterocycles. The number of hydrogen-bond donors (Lipinski definition) is 2. The number of aromatic nitrogens is 3. The molecule has 0 spiro atoms. The fraction of sp³-hybridized carbons (Fsp3) is 0.167. The van der Waals surface area contributed by atoms with E-state index in [1.807, 2.05) is 54.8 Å². The average molecular weight is 402 g/mol. The van der Waals surface area contributed by atoms with Gasteiger partial charge in [-0.25, -0.2) is 4.68 Å². The van der Waals surface area contributed by atoms with Gasteiger partial charge < -0.3 is 15.9 Å². The molecule has 3 N–H and O–H groups in total. The van der Waals surface area contributed by atoms with Gasteiger partial charge in [0, 0.05) is 10.6 Å². The number of nitrogen functional groups attached to an aromatic ring is 1. The standard InChI is InChI=1S/C18H19N5O2S2/c1-25-15-9-4-3-8-14(15)17-21-22-18(23(17)19)27-11-16(24)20-12-6-5-7-13(10-12)26-2/h3-10H,11,19H2,1-2H3,(H,20,24). The molecular weight excluding hydrogens is 382 g/mol. The average Bonchev–Trinajstić information content (AvgIpc) is 3.06. The van der Waals surface area contributed by atoms with E-state index in [0.29, 0.717) is 16.7 Å². The van der Waals surface area contributed by atoms with E-state index in [1.165, 1.54) is 16.4 Å². The molecule has 0 fully saturated rings. The van der Waals surface area contributed by atoms with E-state index >= 15 is 0 Å². The lowest BCUT2D eigenvalue weighted by Gasteiger charge is -2.08. The van der Waals surface area contributed by atoms with Gasteiger partial charge in [0.25, 0.3) is 0 Å². The molecule has 3 rings (SSSR count). The molecule has 1 amide bonds. The summed E-state index contributed by atoms with van der Waals surface area (Å²) in [5.74, 6) is 7.28. The van der Waals surface area contributed by atoms with Crippen molar-refractivity contribution in [2.45, 2.75) is 10.1 Å². The van der Waals surface area contributed by atoms with Crippen LogP contribution < -0.4 is 15.9 Å². The summed E-state index contributed by atoms with van der Waals surface area (Å²) in [5.41, 5.74) is 1.50. The highest BCUT2D eigenvalue weighted by molar-refractivity contribution is 7.99. The second-order valence-electron chi connectivity index (χ2n) is 5.45. The zero-order chi connectivity index (χ0) is 19.2. The molecule has 0 aliphatic carbocycles. The van der Waals surface area contributed by atoms with E-state index in [1.54, 1.807) is 18.9 Å². The van der Waals surface area contributed by atoms with Crippen LogP contribution in [0.5, 0.6) is 5.75 Å². The first-order valence-electron chi connectivity index (χ1n) is 8.03. The molecule has 0 bridgehead atoms. The van der Waals surface area contributed by atoms with Crippen molar-refractivity contribution in [1.82, 2.24) is 14.9 Å². The lowest BCUT2D eigenvalue weighted by Crippen LogP contribution is -2.16. The highest BCUT2D eigenvalue weighted by Gasteiger charge is 2.16. The summed E-state index contributed by atoms with van der Waals surface area (Å²) in [4.78, 5) is 13.3. The molecule has 0 saturated carbocycles. The highest BCUT2D eigenvalue weighted by atomic mass is 32.2. The van der Waals surface area contributed by atoms with Crippen LogP contribution in [0.25, 0.3) is 11.4 Å². The van der Waals surface area contributed by atoms with Gasteiger partial charge >= 0.3 is 0 Å². The molecule has 7 nitrogen and oxygen atoms in total. The highest BCUT2D eigenvalue weighted by Crippen LogP contribution is 2.29. The Morgan fingerprint density at radius 1 is 1.22 bits per heavy atom. The Morgan fingerprint density at radius 3 is 2.81 bits per heavy atom. The zero-order valence-corrected chi connectivity index (χ0v) is 16.5. The molecule has 140 valence electrons. The number of methoxy groups -OCH3 is 1. The van der Waals surface area contributed by atoms with Crippen molar-refractivity contribution >= 4 is 35.1 Å². The maximum absolute atomic E-state index is 12.2. The molecule has 0 aliphatic heterocycles. The second-order valence-corrected chi connectivity index (χ2v) is 7.27. The first kappa shape index (κ1) is 19.1. The van der Waals surface area contributed by atoms with Crippen LogP contribution in [0.2, 0.25) is 0 Å². The van der Waals surface area contributed by atoms with E-state index in [-0.39, 0.29) is 11.7 Å². The van der Waals surface area contributed by atoms with Gasteiger partial charge in [-0.2, -0.15) is 0 Å². The molecule has 0 atom stereocenters. The third-order valence-electron chi connectivity index (χ3n) is 3.70. The van der Waals surface area contributed by atoms with Crippen molar-refractivity contribution in [1.29, 1.82) is 0 Å². The fourth-order valence-corrected chi connectivity index (χ4v) is 3.53. The van der Waals surface area contributed by atoms with E-state index in [0.717, 1.165) is 16.1 Å². The summed E-state index contributed by atoms with van der Waals surface area (Å²) in [7, 11) is 1.59. The number of rotatable bonds is 7. The van der Waals surface area contributed by atoms with Gasteiger partial charge in [-0.1, -0.05) is 30.0 Å². The van der Waals surface area contributed by atoms with Gasteiger partial charge in [0.15, 0.2) is 5.82 Å². The third-order valence-corrected chi connectivity index (χ3v) is 5.37. The van der Waals surface area contributed by atoms with Gasteiger partial charge in [-0.3, -0.25) is 4.79 Å². The molecule has 9 heteroatoms. The number of ether oxygens (including phenoxy) is 1. The van der Waals surface area contributed by atoms with Crippen molar-refractivity contribution in [3.63, 3.8) is 0 Å². The fourth-order valence-electron chi connectivity index (χ4n) is 2.42. The molecule has 0 saturated heterocycles. The lowest BCUT2D eigenvalue weighted by molar-refractivity contribution is -0.113. The summed E-state index contributed by atoms with van der Waals surface area (Å²) < 4.78 is 6.70. The van der Waals surface area contributed by atoms with Gasteiger partial charge in [0.05, 0.1) is 18.4 Å². The summed E-state index contributed by atoms with van der Waals surface area (Å²) in [6.07, 6.45) is 1.99.